The Kier molecular flexibility index (Phi) is 5.81. The highest BCUT2D eigenvalue weighted by molar-refractivity contribution is 7.88. The van der Waals surface area contributed by atoms with Crippen LogP contribution in [0.2, 0.25) is 0 Å². The molecule has 0 atom stereocenters. The van der Waals surface area contributed by atoms with Gasteiger partial charge in [-0.1, -0.05) is 34.1 Å². The molecule has 0 N–H and O–H groups in total. The molecular weight excluding hydrogens is 210 g/mol. The van der Waals surface area contributed by atoms with Gasteiger partial charge in [-0.15, -0.1) is 0 Å². The first-order valence-corrected chi connectivity index (χ1v) is 7.53. The van der Waals surface area contributed by atoms with Crippen LogP contribution in [0.5, 0.6) is 0 Å². The maximum atomic E-state index is 11.4. The quantitative estimate of drug-likeness (QED) is 0.680. The van der Waals surface area contributed by atoms with E-state index in [2.05, 4.69) is 20.8 Å². The molecule has 0 amide bonds. The van der Waals surface area contributed by atoms with Gasteiger partial charge in [-0.3, -0.25) is 0 Å². The predicted molar refractivity (Wildman–Crippen MR) is 65.4 cm³/mol. The van der Waals surface area contributed by atoms with Gasteiger partial charge in [-0.05, 0) is 18.3 Å². The molecule has 0 saturated carbocycles. The molecule has 0 fully saturated rings. The summed E-state index contributed by atoms with van der Waals surface area (Å²) in [5, 5.41) is 0. The van der Waals surface area contributed by atoms with Gasteiger partial charge >= 0.3 is 0 Å². The normalized spacial score (nSPS) is 13.5. The van der Waals surface area contributed by atoms with Gasteiger partial charge in [-0.2, -0.15) is 0 Å². The summed E-state index contributed by atoms with van der Waals surface area (Å²) in [6, 6.07) is 0. The molecule has 0 aliphatic carbocycles. The zero-order valence-corrected chi connectivity index (χ0v) is 11.5. The minimum atomic E-state index is -3.02. The molecule has 0 bridgehead atoms. The van der Waals surface area contributed by atoms with Gasteiger partial charge in [0.15, 0.2) is 0 Å². The summed E-state index contributed by atoms with van der Waals surface area (Å²) in [5.41, 5.74) is 0.243. The molecule has 15 heavy (non-hydrogen) atoms. The fourth-order valence-electron chi connectivity index (χ4n) is 1.79. The maximum Gasteiger partial charge on any atom is 0.211 e. The molecule has 0 saturated heterocycles. The molecule has 0 aromatic carbocycles. The minimum absolute atomic E-state index is 0.243. The first-order valence-electron chi connectivity index (χ1n) is 5.68. The van der Waals surface area contributed by atoms with Crippen molar-refractivity contribution in [3.05, 3.63) is 0 Å². The van der Waals surface area contributed by atoms with Crippen LogP contribution in [0.4, 0.5) is 0 Å². The van der Waals surface area contributed by atoms with E-state index in [4.69, 9.17) is 0 Å². The molecule has 0 radical (unpaired) electrons. The summed E-state index contributed by atoms with van der Waals surface area (Å²) in [4.78, 5) is 0. The van der Waals surface area contributed by atoms with Crippen molar-refractivity contribution >= 4 is 10.0 Å². The Labute approximate surface area is 94.9 Å². The van der Waals surface area contributed by atoms with Crippen molar-refractivity contribution in [2.24, 2.45) is 5.41 Å². The lowest BCUT2D eigenvalue weighted by Crippen LogP contribution is -2.33. The average molecular weight is 235 g/mol. The smallest absolute Gasteiger partial charge is 0.211 e. The van der Waals surface area contributed by atoms with Crippen LogP contribution in [0.1, 0.15) is 47.0 Å². The molecule has 0 aromatic rings. The Morgan fingerprint density at radius 3 is 2.00 bits per heavy atom. The standard InChI is InChI=1S/C11H25NO2S/c1-6-8-11(3,4)9-10-12(7-2)15(5,13)14/h6-10H2,1-5H3. The zero-order valence-electron chi connectivity index (χ0n) is 10.7. The largest absolute Gasteiger partial charge is 0.213 e. The molecule has 0 rings (SSSR count). The summed E-state index contributed by atoms with van der Waals surface area (Å²) < 4.78 is 24.3. The number of hydrogen-bond acceptors (Lipinski definition) is 2. The number of hydrogen-bond donors (Lipinski definition) is 0. The van der Waals surface area contributed by atoms with Crippen LogP contribution in [-0.4, -0.2) is 32.1 Å². The van der Waals surface area contributed by atoms with Crippen LogP contribution in [0.3, 0.4) is 0 Å². The van der Waals surface area contributed by atoms with Gasteiger partial charge in [0.2, 0.25) is 10.0 Å². The van der Waals surface area contributed by atoms with Crippen molar-refractivity contribution < 1.29 is 8.42 Å². The Morgan fingerprint density at radius 1 is 1.13 bits per heavy atom. The van der Waals surface area contributed by atoms with Crippen molar-refractivity contribution in [1.29, 1.82) is 0 Å². The number of nitrogens with zero attached hydrogens (tertiary/aromatic N) is 1. The molecule has 0 aromatic heterocycles. The SMILES string of the molecule is CCCC(C)(C)CCN(CC)S(C)(=O)=O. The van der Waals surface area contributed by atoms with Crippen molar-refractivity contribution in [3.8, 4) is 0 Å². The van der Waals surface area contributed by atoms with Crippen LogP contribution < -0.4 is 0 Å². The van der Waals surface area contributed by atoms with Gasteiger partial charge in [0.05, 0.1) is 6.26 Å². The lowest BCUT2D eigenvalue weighted by atomic mass is 9.85. The molecule has 3 nitrogen and oxygen atoms in total. The predicted octanol–water partition coefficient (Wildman–Crippen LogP) is 2.48. The van der Waals surface area contributed by atoms with Gasteiger partial charge in [0.25, 0.3) is 0 Å². The Balaban J connectivity index is 4.24. The summed E-state index contributed by atoms with van der Waals surface area (Å²) in [5.74, 6) is 0. The Morgan fingerprint density at radius 2 is 1.67 bits per heavy atom. The Bertz CT molecular complexity index is 270. The molecule has 0 aliphatic rings. The average Bonchev–Trinajstić information content (AvgIpc) is 2.02. The van der Waals surface area contributed by atoms with E-state index in [9.17, 15) is 8.42 Å². The van der Waals surface area contributed by atoms with E-state index >= 15 is 0 Å². The van der Waals surface area contributed by atoms with E-state index in [1.54, 1.807) is 4.31 Å². The monoisotopic (exact) mass is 235 g/mol. The lowest BCUT2D eigenvalue weighted by Gasteiger charge is -2.27. The molecule has 4 heteroatoms. The van der Waals surface area contributed by atoms with E-state index in [-0.39, 0.29) is 5.41 Å². The van der Waals surface area contributed by atoms with Crippen LogP contribution >= 0.6 is 0 Å². The summed E-state index contributed by atoms with van der Waals surface area (Å²) >= 11 is 0. The minimum Gasteiger partial charge on any atom is -0.213 e. The second kappa shape index (κ2) is 5.85. The third-order valence-electron chi connectivity index (χ3n) is 2.79. The second-order valence-corrected chi connectivity index (χ2v) is 6.90. The lowest BCUT2D eigenvalue weighted by molar-refractivity contribution is 0.270. The van der Waals surface area contributed by atoms with E-state index in [0.717, 1.165) is 19.3 Å². The van der Waals surface area contributed by atoms with Gasteiger partial charge in [0.1, 0.15) is 0 Å². The summed E-state index contributed by atoms with van der Waals surface area (Å²) in [7, 11) is -3.02. The summed E-state index contributed by atoms with van der Waals surface area (Å²) in [6.07, 6.45) is 4.51. The van der Waals surface area contributed by atoms with Crippen LogP contribution in [-0.2, 0) is 10.0 Å². The highest BCUT2D eigenvalue weighted by Gasteiger charge is 2.21. The van der Waals surface area contributed by atoms with Crippen molar-refractivity contribution in [2.75, 3.05) is 19.3 Å². The highest BCUT2D eigenvalue weighted by Crippen LogP contribution is 2.26. The van der Waals surface area contributed by atoms with Crippen molar-refractivity contribution in [3.63, 3.8) is 0 Å². The number of sulfonamides is 1. The van der Waals surface area contributed by atoms with Gasteiger partial charge < -0.3 is 0 Å². The van der Waals surface area contributed by atoms with E-state index in [1.165, 1.54) is 6.26 Å². The first kappa shape index (κ1) is 14.9. The van der Waals surface area contributed by atoms with Crippen LogP contribution in [0.15, 0.2) is 0 Å². The van der Waals surface area contributed by atoms with E-state index in [1.807, 2.05) is 6.92 Å². The Hall–Kier alpha value is -0.0900. The fourth-order valence-corrected chi connectivity index (χ4v) is 2.68. The topological polar surface area (TPSA) is 37.4 Å². The summed E-state index contributed by atoms with van der Waals surface area (Å²) in [6.45, 7) is 9.66. The van der Waals surface area contributed by atoms with Gasteiger partial charge in [0, 0.05) is 13.1 Å². The molecule has 0 heterocycles. The molecule has 92 valence electrons. The molecule has 0 spiro atoms. The van der Waals surface area contributed by atoms with Crippen molar-refractivity contribution in [1.82, 2.24) is 4.31 Å². The zero-order chi connectivity index (χ0) is 12.1. The fraction of sp³-hybridized carbons (Fsp3) is 1.00. The van der Waals surface area contributed by atoms with Gasteiger partial charge in [-0.25, -0.2) is 12.7 Å². The van der Waals surface area contributed by atoms with E-state index < -0.39 is 10.0 Å². The van der Waals surface area contributed by atoms with Crippen LogP contribution in [0.25, 0.3) is 0 Å². The molecule has 0 unspecified atom stereocenters. The van der Waals surface area contributed by atoms with E-state index in [0.29, 0.717) is 13.1 Å². The maximum absolute atomic E-state index is 11.4. The molecule has 0 aliphatic heterocycles. The third-order valence-corrected chi connectivity index (χ3v) is 4.17. The second-order valence-electron chi connectivity index (χ2n) is 4.92. The van der Waals surface area contributed by atoms with Crippen molar-refractivity contribution in [2.45, 2.75) is 47.0 Å². The first-order chi connectivity index (χ1) is 6.73. The number of rotatable bonds is 7. The van der Waals surface area contributed by atoms with Crippen LogP contribution in [0, 0.1) is 5.41 Å². The third kappa shape index (κ3) is 6.15. The molecular formula is C11H25NO2S. The highest BCUT2D eigenvalue weighted by atomic mass is 32.2.